The predicted octanol–water partition coefficient (Wildman–Crippen LogP) is 3.78. The number of hydrogen-bond acceptors (Lipinski definition) is 2. The Bertz CT molecular complexity index is 785. The number of carbonyl (C=O) groups excluding carboxylic acids is 1. The topological polar surface area (TPSA) is 44.1 Å². The maximum absolute atomic E-state index is 12.4. The van der Waals surface area contributed by atoms with E-state index in [2.05, 4.69) is 6.07 Å². The molecule has 2 aromatic carbocycles. The van der Waals surface area contributed by atoms with Crippen LogP contribution in [-0.2, 0) is 4.79 Å². The molecule has 0 aromatic heterocycles. The van der Waals surface area contributed by atoms with Gasteiger partial charge in [-0.05, 0) is 28.8 Å². The highest BCUT2D eigenvalue weighted by Gasteiger charge is 2.26. The molecule has 0 spiro atoms. The molecule has 1 amide bonds. The molecule has 1 aliphatic heterocycles. The molecule has 1 aliphatic rings. The van der Waals surface area contributed by atoms with Crippen LogP contribution in [0.25, 0.3) is 12.2 Å². The highest BCUT2D eigenvalue weighted by atomic mass is 16.2. The number of fused-ring (bicyclic) bond motifs is 1. The fourth-order valence-corrected chi connectivity index (χ4v) is 2.46. The van der Waals surface area contributed by atoms with E-state index in [1.807, 2.05) is 60.7 Å². The summed E-state index contributed by atoms with van der Waals surface area (Å²) >= 11 is 0. The SMILES string of the molecule is N#CC1c2ccccc2C=CN1C(=O)C=Cc1ccccc1. The van der Waals surface area contributed by atoms with Crippen molar-refractivity contribution < 1.29 is 4.79 Å². The van der Waals surface area contributed by atoms with Crippen LogP contribution in [-0.4, -0.2) is 10.8 Å². The van der Waals surface area contributed by atoms with Crippen LogP contribution in [0.2, 0.25) is 0 Å². The van der Waals surface area contributed by atoms with Crippen LogP contribution in [0.4, 0.5) is 0 Å². The zero-order chi connectivity index (χ0) is 15.4. The molecule has 0 N–H and O–H groups in total. The number of benzene rings is 2. The zero-order valence-corrected chi connectivity index (χ0v) is 11.9. The molecular formula is C19H14N2O. The Morgan fingerprint density at radius 2 is 1.82 bits per heavy atom. The average molecular weight is 286 g/mol. The highest BCUT2D eigenvalue weighted by Crippen LogP contribution is 2.29. The molecular weight excluding hydrogens is 272 g/mol. The third-order valence-corrected chi connectivity index (χ3v) is 3.58. The van der Waals surface area contributed by atoms with Crippen LogP contribution in [0.15, 0.2) is 66.9 Å². The van der Waals surface area contributed by atoms with E-state index >= 15 is 0 Å². The van der Waals surface area contributed by atoms with E-state index in [0.717, 1.165) is 16.7 Å². The van der Waals surface area contributed by atoms with Gasteiger partial charge in [-0.2, -0.15) is 5.26 Å². The lowest BCUT2D eigenvalue weighted by molar-refractivity contribution is -0.124. The Hall–Kier alpha value is -3.12. The van der Waals surface area contributed by atoms with Crippen LogP contribution in [0, 0.1) is 11.3 Å². The van der Waals surface area contributed by atoms with Crippen LogP contribution < -0.4 is 0 Å². The molecule has 0 saturated heterocycles. The standard InChI is InChI=1S/C19H14N2O/c20-14-18-17-9-5-4-8-16(17)12-13-21(18)19(22)11-10-15-6-2-1-3-7-15/h1-13,18H. The quantitative estimate of drug-likeness (QED) is 0.789. The average Bonchev–Trinajstić information content (AvgIpc) is 2.59. The zero-order valence-electron chi connectivity index (χ0n) is 11.9. The second kappa shape index (κ2) is 6.11. The Morgan fingerprint density at radius 1 is 1.09 bits per heavy atom. The molecule has 2 aromatic rings. The monoisotopic (exact) mass is 286 g/mol. The lowest BCUT2D eigenvalue weighted by atomic mass is 9.97. The van der Waals surface area contributed by atoms with Gasteiger partial charge in [-0.15, -0.1) is 0 Å². The molecule has 3 rings (SSSR count). The van der Waals surface area contributed by atoms with Crippen LogP contribution in [0.5, 0.6) is 0 Å². The van der Waals surface area contributed by atoms with Crippen molar-refractivity contribution in [3.8, 4) is 6.07 Å². The van der Waals surface area contributed by atoms with Crippen molar-refractivity contribution in [1.82, 2.24) is 4.90 Å². The first-order chi connectivity index (χ1) is 10.8. The van der Waals surface area contributed by atoms with Gasteiger partial charge in [0.05, 0.1) is 6.07 Å². The summed E-state index contributed by atoms with van der Waals surface area (Å²) in [7, 11) is 0. The van der Waals surface area contributed by atoms with Crippen LogP contribution in [0.1, 0.15) is 22.7 Å². The van der Waals surface area contributed by atoms with Gasteiger partial charge in [0.2, 0.25) is 0 Å². The fraction of sp³-hybridized carbons (Fsp3) is 0.0526. The maximum atomic E-state index is 12.4. The van der Waals surface area contributed by atoms with Crippen molar-refractivity contribution in [2.24, 2.45) is 0 Å². The van der Waals surface area contributed by atoms with E-state index in [1.165, 1.54) is 11.0 Å². The van der Waals surface area contributed by atoms with Gasteiger partial charge in [0, 0.05) is 12.3 Å². The Kier molecular flexibility index (Phi) is 3.84. The molecule has 1 unspecified atom stereocenters. The van der Waals surface area contributed by atoms with Crippen LogP contribution in [0.3, 0.4) is 0 Å². The third-order valence-electron chi connectivity index (χ3n) is 3.58. The van der Waals surface area contributed by atoms with Crippen molar-refractivity contribution in [3.05, 3.63) is 83.6 Å². The van der Waals surface area contributed by atoms with Crippen molar-refractivity contribution in [3.63, 3.8) is 0 Å². The first-order valence-electron chi connectivity index (χ1n) is 7.02. The van der Waals surface area contributed by atoms with Crippen molar-refractivity contribution >= 4 is 18.1 Å². The predicted molar refractivity (Wildman–Crippen MR) is 86.2 cm³/mol. The molecule has 0 aliphatic carbocycles. The summed E-state index contributed by atoms with van der Waals surface area (Å²) in [6.07, 6.45) is 6.79. The van der Waals surface area contributed by atoms with Crippen molar-refractivity contribution in [2.75, 3.05) is 0 Å². The number of carbonyl (C=O) groups is 1. The van der Waals surface area contributed by atoms with Crippen molar-refractivity contribution in [2.45, 2.75) is 6.04 Å². The summed E-state index contributed by atoms with van der Waals surface area (Å²) in [6.45, 7) is 0. The summed E-state index contributed by atoms with van der Waals surface area (Å²) in [4.78, 5) is 13.8. The molecule has 1 heterocycles. The van der Waals surface area contributed by atoms with E-state index in [0.29, 0.717) is 0 Å². The molecule has 3 nitrogen and oxygen atoms in total. The molecule has 0 bridgehead atoms. The molecule has 0 fully saturated rings. The first kappa shape index (κ1) is 13.8. The number of amides is 1. The van der Waals surface area contributed by atoms with Gasteiger partial charge in [0.1, 0.15) is 6.04 Å². The smallest absolute Gasteiger partial charge is 0.251 e. The summed E-state index contributed by atoms with van der Waals surface area (Å²) < 4.78 is 0. The fourth-order valence-electron chi connectivity index (χ4n) is 2.46. The molecule has 0 saturated carbocycles. The van der Waals surface area contributed by atoms with Gasteiger partial charge in [0.15, 0.2) is 0 Å². The summed E-state index contributed by atoms with van der Waals surface area (Å²) in [5.74, 6) is -0.207. The molecule has 1 atom stereocenters. The molecule has 106 valence electrons. The van der Waals surface area contributed by atoms with Gasteiger partial charge in [-0.3, -0.25) is 9.69 Å². The molecule has 0 radical (unpaired) electrons. The number of nitrogens with zero attached hydrogens (tertiary/aromatic N) is 2. The van der Waals surface area contributed by atoms with E-state index in [4.69, 9.17) is 0 Å². The van der Waals surface area contributed by atoms with Gasteiger partial charge in [0.25, 0.3) is 5.91 Å². The number of rotatable bonds is 2. The minimum Gasteiger partial charge on any atom is -0.295 e. The maximum Gasteiger partial charge on any atom is 0.251 e. The van der Waals surface area contributed by atoms with Gasteiger partial charge < -0.3 is 0 Å². The largest absolute Gasteiger partial charge is 0.295 e. The lowest BCUT2D eigenvalue weighted by Crippen LogP contribution is -2.30. The van der Waals surface area contributed by atoms with E-state index in [9.17, 15) is 10.1 Å². The van der Waals surface area contributed by atoms with E-state index in [1.54, 1.807) is 12.3 Å². The highest BCUT2D eigenvalue weighted by molar-refractivity contribution is 5.94. The summed E-state index contributed by atoms with van der Waals surface area (Å²) in [5, 5.41) is 9.44. The molecule has 22 heavy (non-hydrogen) atoms. The van der Waals surface area contributed by atoms with E-state index in [-0.39, 0.29) is 5.91 Å². The second-order valence-electron chi connectivity index (χ2n) is 4.97. The van der Waals surface area contributed by atoms with E-state index < -0.39 is 6.04 Å². The minimum absolute atomic E-state index is 0.207. The van der Waals surface area contributed by atoms with Crippen molar-refractivity contribution in [1.29, 1.82) is 5.26 Å². The normalized spacial score (nSPS) is 16.3. The Balaban J connectivity index is 1.85. The lowest BCUT2D eigenvalue weighted by Gasteiger charge is -2.27. The second-order valence-corrected chi connectivity index (χ2v) is 4.97. The number of hydrogen-bond donors (Lipinski definition) is 0. The van der Waals surface area contributed by atoms with Gasteiger partial charge in [-0.1, -0.05) is 54.6 Å². The summed E-state index contributed by atoms with van der Waals surface area (Å²) in [5.41, 5.74) is 2.78. The van der Waals surface area contributed by atoms with Crippen LogP contribution >= 0.6 is 0 Å². The number of nitriles is 1. The first-order valence-corrected chi connectivity index (χ1v) is 7.02. The molecule has 3 heteroatoms. The third kappa shape index (κ3) is 2.68. The minimum atomic E-state index is -0.589. The Morgan fingerprint density at radius 3 is 2.59 bits per heavy atom. The van der Waals surface area contributed by atoms with Gasteiger partial charge >= 0.3 is 0 Å². The van der Waals surface area contributed by atoms with Gasteiger partial charge in [-0.25, -0.2) is 0 Å². The Labute approximate surface area is 129 Å². The summed E-state index contributed by atoms with van der Waals surface area (Å²) in [6, 6.07) is 18.9.